The average Bonchev–Trinajstić information content (AvgIpc) is 3.26. The summed E-state index contributed by atoms with van der Waals surface area (Å²) >= 11 is 0. The highest BCUT2D eigenvalue weighted by Crippen LogP contribution is 2.38. The normalized spacial score (nSPS) is 12.2. The average molecular weight is 599 g/mol. The van der Waals surface area contributed by atoms with E-state index < -0.39 is 32.5 Å². The number of imide groups is 1. The molecular formula is C29H26N8O7. The third-order valence-electron chi connectivity index (χ3n) is 6.87. The SMILES string of the molecule is CCC(=O)Nc1cc(N(CC)CCCN2C(=O)c3ccccc3C2=O)ccc1/N=N/c1c(C#N)cc([N+](=O)[O-])cc1[N+](=O)[O-]. The van der Waals surface area contributed by atoms with E-state index in [0.29, 0.717) is 42.4 Å². The number of carbonyl (C=O) groups excluding carboxylic acids is 3. The van der Waals surface area contributed by atoms with Gasteiger partial charge in [0.1, 0.15) is 11.8 Å². The van der Waals surface area contributed by atoms with Crippen molar-refractivity contribution in [3.8, 4) is 6.07 Å². The number of nitrogens with zero attached hydrogens (tertiary/aromatic N) is 7. The third kappa shape index (κ3) is 6.39. The number of amides is 3. The number of nitriles is 1. The summed E-state index contributed by atoms with van der Waals surface area (Å²) in [5, 5.41) is 42.9. The molecule has 3 aromatic carbocycles. The van der Waals surface area contributed by atoms with Crippen molar-refractivity contribution in [2.75, 3.05) is 29.9 Å². The van der Waals surface area contributed by atoms with Crippen molar-refractivity contribution >= 4 is 51.8 Å². The molecule has 0 aliphatic carbocycles. The Balaban J connectivity index is 1.59. The number of hydrogen-bond acceptors (Lipinski definition) is 11. The zero-order chi connectivity index (χ0) is 32.0. The Morgan fingerprint density at radius 1 is 1.00 bits per heavy atom. The van der Waals surface area contributed by atoms with E-state index in [1.54, 1.807) is 49.4 Å². The Morgan fingerprint density at radius 3 is 2.25 bits per heavy atom. The van der Waals surface area contributed by atoms with Gasteiger partial charge in [-0.25, -0.2) is 0 Å². The summed E-state index contributed by atoms with van der Waals surface area (Å²) in [6.45, 7) is 4.79. The lowest BCUT2D eigenvalue weighted by Gasteiger charge is -2.25. The molecule has 0 atom stereocenters. The molecule has 0 radical (unpaired) electrons. The molecule has 1 aliphatic rings. The number of fused-ring (bicyclic) bond motifs is 1. The molecule has 0 aromatic heterocycles. The summed E-state index contributed by atoms with van der Waals surface area (Å²) in [4.78, 5) is 61.9. The maximum Gasteiger partial charge on any atom is 0.304 e. The van der Waals surface area contributed by atoms with E-state index in [0.717, 1.165) is 6.07 Å². The van der Waals surface area contributed by atoms with Crippen LogP contribution in [0, 0.1) is 31.6 Å². The van der Waals surface area contributed by atoms with Gasteiger partial charge in [-0.3, -0.25) is 39.5 Å². The molecule has 224 valence electrons. The van der Waals surface area contributed by atoms with E-state index in [4.69, 9.17) is 0 Å². The first kappa shape index (κ1) is 30.9. The summed E-state index contributed by atoms with van der Waals surface area (Å²) in [5.74, 6) is -1.01. The standard InChI is InChI=1S/C29H26N8O7/c1-3-26(38)31-24-15-19(34(4-2)12-7-13-35-28(39)21-8-5-6-9-22(21)29(35)40)10-11-23(24)32-33-27-18(17-30)14-20(36(41)42)16-25(27)37(43)44/h5-6,8-11,14-16H,3-4,7,12-13H2,1-2H3,(H,31,38)/b33-32+. The van der Waals surface area contributed by atoms with Crippen LogP contribution in [0.2, 0.25) is 0 Å². The first-order valence-electron chi connectivity index (χ1n) is 13.5. The minimum atomic E-state index is -0.897. The number of hydrogen-bond donors (Lipinski definition) is 1. The van der Waals surface area contributed by atoms with E-state index in [1.165, 1.54) is 11.0 Å². The molecule has 1 N–H and O–H groups in total. The van der Waals surface area contributed by atoms with Gasteiger partial charge >= 0.3 is 5.69 Å². The van der Waals surface area contributed by atoms with Gasteiger partial charge < -0.3 is 10.2 Å². The van der Waals surface area contributed by atoms with Crippen LogP contribution in [0.3, 0.4) is 0 Å². The summed E-state index contributed by atoms with van der Waals surface area (Å²) in [6, 6.07) is 14.8. The number of nitro benzene ring substituents is 2. The van der Waals surface area contributed by atoms with E-state index in [1.807, 2.05) is 11.8 Å². The predicted molar refractivity (Wildman–Crippen MR) is 158 cm³/mol. The molecule has 44 heavy (non-hydrogen) atoms. The molecule has 0 fully saturated rings. The lowest BCUT2D eigenvalue weighted by molar-refractivity contribution is -0.393. The monoisotopic (exact) mass is 598 g/mol. The Hall–Kier alpha value is -6.04. The molecule has 0 bridgehead atoms. The van der Waals surface area contributed by atoms with Crippen molar-refractivity contribution in [1.82, 2.24) is 4.90 Å². The zero-order valence-corrected chi connectivity index (χ0v) is 23.7. The number of nitro groups is 2. The van der Waals surface area contributed by atoms with Crippen LogP contribution in [0.5, 0.6) is 0 Å². The fourth-order valence-corrected chi connectivity index (χ4v) is 4.62. The van der Waals surface area contributed by atoms with Crippen LogP contribution in [-0.2, 0) is 4.79 Å². The van der Waals surface area contributed by atoms with Crippen molar-refractivity contribution in [1.29, 1.82) is 5.26 Å². The molecule has 0 spiro atoms. The molecule has 1 heterocycles. The van der Waals surface area contributed by atoms with Gasteiger partial charge in [0.25, 0.3) is 17.5 Å². The van der Waals surface area contributed by atoms with Crippen molar-refractivity contribution in [3.05, 3.63) is 91.5 Å². The van der Waals surface area contributed by atoms with Crippen LogP contribution in [-0.4, -0.2) is 52.1 Å². The largest absolute Gasteiger partial charge is 0.372 e. The van der Waals surface area contributed by atoms with Gasteiger partial charge in [-0.05, 0) is 43.7 Å². The minimum absolute atomic E-state index is 0.120. The van der Waals surface area contributed by atoms with Gasteiger partial charge in [0.05, 0.1) is 38.3 Å². The first-order valence-corrected chi connectivity index (χ1v) is 13.5. The highest BCUT2D eigenvalue weighted by Gasteiger charge is 2.34. The van der Waals surface area contributed by atoms with Gasteiger partial charge in [0.2, 0.25) is 5.91 Å². The Kier molecular flexibility index (Phi) is 9.34. The quantitative estimate of drug-likeness (QED) is 0.118. The fourth-order valence-electron chi connectivity index (χ4n) is 4.62. The van der Waals surface area contributed by atoms with E-state index in [9.17, 15) is 39.9 Å². The first-order chi connectivity index (χ1) is 21.1. The molecule has 0 unspecified atom stereocenters. The lowest BCUT2D eigenvalue weighted by atomic mass is 10.1. The topological polar surface area (TPSA) is 205 Å². The van der Waals surface area contributed by atoms with Gasteiger partial charge in [0, 0.05) is 37.8 Å². The molecule has 3 aromatic rings. The van der Waals surface area contributed by atoms with E-state index >= 15 is 0 Å². The van der Waals surface area contributed by atoms with E-state index in [-0.39, 0.29) is 42.1 Å². The summed E-state index contributed by atoms with van der Waals surface area (Å²) in [7, 11) is 0. The molecule has 4 rings (SSSR count). The Bertz CT molecular complexity index is 1710. The second-order valence-electron chi connectivity index (χ2n) is 9.53. The Morgan fingerprint density at radius 2 is 1.68 bits per heavy atom. The van der Waals surface area contributed by atoms with Crippen LogP contribution >= 0.6 is 0 Å². The van der Waals surface area contributed by atoms with Crippen LogP contribution in [0.25, 0.3) is 0 Å². The van der Waals surface area contributed by atoms with Gasteiger partial charge in [-0.2, -0.15) is 5.26 Å². The molecule has 3 amide bonds. The van der Waals surface area contributed by atoms with Gasteiger partial charge in [-0.15, -0.1) is 10.2 Å². The smallest absolute Gasteiger partial charge is 0.304 e. The van der Waals surface area contributed by atoms with Crippen LogP contribution in [0.4, 0.5) is 34.1 Å². The fraction of sp³-hybridized carbons (Fsp3) is 0.241. The van der Waals surface area contributed by atoms with Crippen molar-refractivity contribution < 1.29 is 24.2 Å². The second kappa shape index (κ2) is 13.3. The van der Waals surface area contributed by atoms with Crippen molar-refractivity contribution in [2.45, 2.75) is 26.7 Å². The highest BCUT2D eigenvalue weighted by molar-refractivity contribution is 6.21. The number of carbonyl (C=O) groups is 3. The predicted octanol–water partition coefficient (Wildman–Crippen LogP) is 5.65. The Labute approximate surface area is 250 Å². The molecule has 1 aliphatic heterocycles. The van der Waals surface area contributed by atoms with E-state index in [2.05, 4.69) is 15.5 Å². The zero-order valence-electron chi connectivity index (χ0n) is 23.7. The second-order valence-corrected chi connectivity index (χ2v) is 9.53. The number of rotatable bonds is 12. The third-order valence-corrected chi connectivity index (χ3v) is 6.87. The maximum absolute atomic E-state index is 12.7. The minimum Gasteiger partial charge on any atom is -0.372 e. The number of azo groups is 1. The number of anilines is 2. The van der Waals surface area contributed by atoms with Gasteiger partial charge in [0.15, 0.2) is 5.69 Å². The number of non-ortho nitro benzene ring substituents is 1. The van der Waals surface area contributed by atoms with Crippen LogP contribution in [0.15, 0.2) is 64.8 Å². The van der Waals surface area contributed by atoms with Crippen LogP contribution in [0.1, 0.15) is 53.0 Å². The number of nitrogens with one attached hydrogen (secondary N) is 1. The highest BCUT2D eigenvalue weighted by atomic mass is 16.6. The maximum atomic E-state index is 12.7. The lowest BCUT2D eigenvalue weighted by Crippen LogP contribution is -2.33. The molecule has 0 saturated carbocycles. The molecule has 15 nitrogen and oxygen atoms in total. The van der Waals surface area contributed by atoms with Crippen molar-refractivity contribution in [3.63, 3.8) is 0 Å². The van der Waals surface area contributed by atoms with Crippen molar-refractivity contribution in [2.24, 2.45) is 10.2 Å². The summed E-state index contributed by atoms with van der Waals surface area (Å²) < 4.78 is 0. The molecule has 15 heteroatoms. The molecule has 0 saturated heterocycles. The van der Waals surface area contributed by atoms with Gasteiger partial charge in [-0.1, -0.05) is 19.1 Å². The number of benzene rings is 3. The summed E-state index contributed by atoms with van der Waals surface area (Å²) in [5.41, 5.74) is -0.503. The van der Waals surface area contributed by atoms with Crippen LogP contribution < -0.4 is 10.2 Å². The molecular weight excluding hydrogens is 572 g/mol. The summed E-state index contributed by atoms with van der Waals surface area (Å²) in [6.07, 6.45) is 0.614.